The molecule has 0 bridgehead atoms. The van der Waals surface area contributed by atoms with Crippen molar-refractivity contribution in [2.45, 2.75) is 6.42 Å². The van der Waals surface area contributed by atoms with Gasteiger partial charge in [-0.1, -0.05) is 133 Å². The van der Waals surface area contributed by atoms with Gasteiger partial charge in [-0.15, -0.1) is 0 Å². The lowest BCUT2D eigenvalue weighted by molar-refractivity contribution is -0.129. The van der Waals surface area contributed by atoms with Crippen molar-refractivity contribution in [1.82, 2.24) is 0 Å². The number of hydrogen-bond acceptors (Lipinski definition) is 4. The van der Waals surface area contributed by atoms with Crippen LogP contribution < -0.4 is 9.47 Å². The third-order valence-corrected chi connectivity index (χ3v) is 7.13. The highest BCUT2D eigenvalue weighted by atomic mass is 16.5. The molecular weight excluding hydrogens is 532 g/mol. The maximum Gasteiger partial charge on any atom is 0.336 e. The number of hydrogen-bond donors (Lipinski definition) is 0. The predicted molar refractivity (Wildman–Crippen MR) is 173 cm³/mol. The summed E-state index contributed by atoms with van der Waals surface area (Å²) in [5, 5.41) is 3.56. The van der Waals surface area contributed by atoms with Gasteiger partial charge in [0, 0.05) is 40.5 Å². The minimum Gasteiger partial charge on any atom is -0.422 e. The van der Waals surface area contributed by atoms with E-state index in [0.29, 0.717) is 17.9 Å². The Balaban J connectivity index is 1.35. The Morgan fingerprint density at radius 3 is 1.30 bits per heavy atom. The van der Waals surface area contributed by atoms with E-state index >= 15 is 0 Å². The predicted octanol–water partition coefficient (Wildman–Crippen LogP) is 8.82. The van der Waals surface area contributed by atoms with E-state index in [2.05, 4.69) is 0 Å². The molecule has 0 aromatic heterocycles. The Morgan fingerprint density at radius 1 is 0.465 bits per heavy atom. The monoisotopic (exact) mass is 560 g/mol. The second-order valence-corrected chi connectivity index (χ2v) is 10.1. The molecule has 6 rings (SSSR count). The Morgan fingerprint density at radius 2 is 0.860 bits per heavy atom. The molecule has 4 heteroatoms. The number of ether oxygens (including phenoxy) is 2. The first-order valence-electron chi connectivity index (χ1n) is 14.1. The Bertz CT molecular complexity index is 1830. The maximum atomic E-state index is 13.0. The lowest BCUT2D eigenvalue weighted by atomic mass is 9.96. The van der Waals surface area contributed by atoms with Crippen molar-refractivity contribution in [2.24, 2.45) is 0 Å². The van der Waals surface area contributed by atoms with Gasteiger partial charge in [0.25, 0.3) is 0 Å². The summed E-state index contributed by atoms with van der Waals surface area (Å²) in [5.74, 6) is 0.0146. The standard InChI is InChI=1S/C39H28O4/c40-36(25-19-28-11-3-1-4-12-28)42-38-32(23-21-30-15-7-9-17-34(30)38)27-33-24-22-31-16-8-10-18-35(31)39(33)43-37(41)26-20-29-13-5-2-6-14-29/h1-26H,27H2/b25-19+,26-20+. The molecule has 6 aromatic carbocycles. The molecule has 0 N–H and O–H groups in total. The fraction of sp³-hybridized carbons (Fsp3) is 0.0256. The van der Waals surface area contributed by atoms with Gasteiger partial charge in [0.2, 0.25) is 0 Å². The average Bonchev–Trinajstić information content (AvgIpc) is 3.06. The smallest absolute Gasteiger partial charge is 0.336 e. The highest BCUT2D eigenvalue weighted by Gasteiger charge is 2.17. The van der Waals surface area contributed by atoms with Crippen LogP contribution in [-0.4, -0.2) is 11.9 Å². The molecule has 0 amide bonds. The molecular formula is C39H28O4. The Labute approximate surface area is 250 Å². The summed E-state index contributed by atoms with van der Waals surface area (Å²) in [5.41, 5.74) is 3.41. The summed E-state index contributed by atoms with van der Waals surface area (Å²) in [6.07, 6.45) is 6.71. The van der Waals surface area contributed by atoms with Crippen LogP contribution in [0.4, 0.5) is 0 Å². The molecule has 0 atom stereocenters. The summed E-state index contributed by atoms with van der Waals surface area (Å²) in [6, 6.07) is 42.7. The number of benzene rings is 6. The van der Waals surface area contributed by atoms with Crippen molar-refractivity contribution < 1.29 is 19.1 Å². The SMILES string of the molecule is O=C(/C=C/c1ccccc1)Oc1c(Cc2ccc3ccccc3c2OC(=O)/C=C/c2ccccc2)ccc2ccccc12. The van der Waals surface area contributed by atoms with E-state index in [1.165, 1.54) is 12.2 Å². The van der Waals surface area contributed by atoms with Gasteiger partial charge in [-0.3, -0.25) is 0 Å². The van der Waals surface area contributed by atoms with Crippen LogP contribution in [0.2, 0.25) is 0 Å². The first kappa shape index (κ1) is 27.4. The largest absolute Gasteiger partial charge is 0.422 e. The van der Waals surface area contributed by atoms with Crippen LogP contribution in [-0.2, 0) is 16.0 Å². The van der Waals surface area contributed by atoms with E-state index in [4.69, 9.17) is 9.47 Å². The number of fused-ring (bicyclic) bond motifs is 2. The molecule has 4 nitrogen and oxygen atoms in total. The lowest BCUT2D eigenvalue weighted by Crippen LogP contribution is -2.09. The van der Waals surface area contributed by atoms with Crippen LogP contribution in [0.1, 0.15) is 22.3 Å². The zero-order valence-electron chi connectivity index (χ0n) is 23.4. The molecule has 0 heterocycles. The van der Waals surface area contributed by atoms with Crippen molar-refractivity contribution in [3.8, 4) is 11.5 Å². The van der Waals surface area contributed by atoms with E-state index in [9.17, 15) is 9.59 Å². The molecule has 0 fully saturated rings. The third-order valence-electron chi connectivity index (χ3n) is 7.13. The topological polar surface area (TPSA) is 52.6 Å². The second kappa shape index (κ2) is 12.8. The van der Waals surface area contributed by atoms with Crippen molar-refractivity contribution in [3.63, 3.8) is 0 Å². The van der Waals surface area contributed by atoms with Crippen molar-refractivity contribution in [1.29, 1.82) is 0 Å². The number of carbonyl (C=O) groups excluding carboxylic acids is 2. The lowest BCUT2D eigenvalue weighted by Gasteiger charge is -2.16. The highest BCUT2D eigenvalue weighted by molar-refractivity contribution is 5.97. The molecule has 0 spiro atoms. The van der Waals surface area contributed by atoms with Crippen molar-refractivity contribution in [2.75, 3.05) is 0 Å². The van der Waals surface area contributed by atoms with E-state index in [-0.39, 0.29) is 0 Å². The summed E-state index contributed by atoms with van der Waals surface area (Å²) in [6.45, 7) is 0. The normalized spacial score (nSPS) is 11.3. The van der Waals surface area contributed by atoms with Crippen LogP contribution in [0.15, 0.2) is 146 Å². The summed E-state index contributed by atoms with van der Waals surface area (Å²) < 4.78 is 12.0. The molecule has 0 aliphatic carbocycles. The third kappa shape index (κ3) is 6.61. The molecule has 208 valence electrons. The quantitative estimate of drug-likeness (QED) is 0.106. The number of rotatable bonds is 8. The average molecular weight is 561 g/mol. The van der Waals surface area contributed by atoms with Gasteiger partial charge in [-0.25, -0.2) is 9.59 Å². The molecule has 0 aliphatic heterocycles. The van der Waals surface area contributed by atoms with Crippen LogP contribution in [0.25, 0.3) is 33.7 Å². The minimum absolute atomic E-state index is 0.381. The first-order chi connectivity index (χ1) is 21.1. The van der Waals surface area contributed by atoms with E-state index < -0.39 is 11.9 Å². The number of esters is 2. The second-order valence-electron chi connectivity index (χ2n) is 10.1. The fourth-order valence-corrected chi connectivity index (χ4v) is 5.03. The molecule has 0 radical (unpaired) electrons. The van der Waals surface area contributed by atoms with Gasteiger partial charge in [-0.05, 0) is 34.1 Å². The van der Waals surface area contributed by atoms with Gasteiger partial charge >= 0.3 is 11.9 Å². The van der Waals surface area contributed by atoms with Gasteiger partial charge < -0.3 is 9.47 Å². The molecule has 0 aliphatic rings. The Hall–Kier alpha value is -5.74. The van der Waals surface area contributed by atoms with Crippen LogP contribution in [0, 0.1) is 0 Å². The minimum atomic E-state index is -0.474. The van der Waals surface area contributed by atoms with Gasteiger partial charge in [-0.2, -0.15) is 0 Å². The van der Waals surface area contributed by atoms with E-state index in [1.54, 1.807) is 12.2 Å². The maximum absolute atomic E-state index is 13.0. The zero-order valence-corrected chi connectivity index (χ0v) is 23.4. The van der Waals surface area contributed by atoms with E-state index in [0.717, 1.165) is 43.8 Å². The van der Waals surface area contributed by atoms with Crippen LogP contribution >= 0.6 is 0 Å². The van der Waals surface area contributed by atoms with Crippen LogP contribution in [0.5, 0.6) is 11.5 Å². The molecule has 6 aromatic rings. The van der Waals surface area contributed by atoms with Crippen molar-refractivity contribution >= 4 is 45.6 Å². The Kier molecular flexibility index (Phi) is 8.19. The summed E-state index contributed by atoms with van der Waals surface area (Å²) in [7, 11) is 0. The highest BCUT2D eigenvalue weighted by Crippen LogP contribution is 2.36. The van der Waals surface area contributed by atoms with Gasteiger partial charge in [0.05, 0.1) is 0 Å². The first-order valence-corrected chi connectivity index (χ1v) is 14.1. The molecule has 43 heavy (non-hydrogen) atoms. The van der Waals surface area contributed by atoms with Gasteiger partial charge in [0.15, 0.2) is 0 Å². The van der Waals surface area contributed by atoms with Crippen LogP contribution in [0.3, 0.4) is 0 Å². The molecule has 0 unspecified atom stereocenters. The molecule has 0 saturated carbocycles. The van der Waals surface area contributed by atoms with Gasteiger partial charge in [0.1, 0.15) is 11.5 Å². The summed E-state index contributed by atoms with van der Waals surface area (Å²) >= 11 is 0. The number of carbonyl (C=O) groups is 2. The summed E-state index contributed by atoms with van der Waals surface area (Å²) in [4.78, 5) is 26.0. The van der Waals surface area contributed by atoms with Crippen molar-refractivity contribution in [3.05, 3.63) is 168 Å². The van der Waals surface area contributed by atoms with E-state index in [1.807, 2.05) is 133 Å². The fourth-order valence-electron chi connectivity index (χ4n) is 5.03. The zero-order chi connectivity index (χ0) is 29.4. The molecule has 0 saturated heterocycles.